The number of aliphatic carboxylic acids is 1. The van der Waals surface area contributed by atoms with E-state index in [0.29, 0.717) is 45.0 Å². The molecule has 1 unspecified atom stereocenters. The van der Waals surface area contributed by atoms with Crippen LogP contribution in [-0.4, -0.2) is 96.3 Å². The van der Waals surface area contributed by atoms with Gasteiger partial charge in [-0.25, -0.2) is 28.6 Å². The number of benzene rings is 2. The number of carboxylic acids is 2. The van der Waals surface area contributed by atoms with Crippen LogP contribution in [0.25, 0.3) is 5.69 Å². The van der Waals surface area contributed by atoms with Gasteiger partial charge in [-0.1, -0.05) is 29.1 Å². The lowest BCUT2D eigenvalue weighted by molar-refractivity contribution is -0.193. The standard InChI is InChI=1S/C15H13Cl2N3O2.C15H12F2N4O3.C3H8NO5P.C3H9S/c1-2-7-22-13-9-12(10(16)8-11(13)17)20-15(21)19-6-4-3-5-14(19)18-20;1-8(13-12(14(22)23)3-2-4-18-13)20-21-15(24)19-11-6-9(16)5-10(17)7-11;5-3(6)1-4-2-10(7,8)9;1-4(2)3/h1,8-9H,3-7H2;2-7H,1H3,(H,22,23)(H2,19,21,24);4H,1-2H2,(H,5,6)(H2,7,8,9);1-3H3/q;;;+1/p-1/b;20-8+;;. The number of aryl methyl sites for hydroxylation is 1. The Morgan fingerprint density at radius 2 is 1.75 bits per heavy atom. The predicted molar refractivity (Wildman–Crippen MR) is 222 cm³/mol. The van der Waals surface area contributed by atoms with E-state index in [1.165, 1.54) is 36.0 Å². The van der Waals surface area contributed by atoms with Crippen molar-refractivity contribution in [3.8, 4) is 23.8 Å². The molecule has 2 aromatic heterocycles. The largest absolute Gasteiger partial charge is 0.778 e. The number of fused-ring (bicyclic) bond motifs is 1. The molecule has 0 fully saturated rings. The number of aromatic carboxylic acids is 1. The first-order chi connectivity index (χ1) is 28.1. The van der Waals surface area contributed by atoms with Gasteiger partial charge in [-0.05, 0) is 61.0 Å². The summed E-state index contributed by atoms with van der Waals surface area (Å²) in [4.78, 5) is 66.9. The number of carbonyl (C=O) groups excluding carboxylic acids is 1. The van der Waals surface area contributed by atoms with Gasteiger partial charge in [-0.15, -0.1) is 11.5 Å². The Kier molecular flexibility index (Phi) is 20.9. The molecule has 5 rings (SSSR count). The highest BCUT2D eigenvalue weighted by Gasteiger charge is 2.20. The molecule has 2 amide bonds. The molecule has 1 atom stereocenters. The number of carboxylic acid groups (broad SMARTS) is 2. The van der Waals surface area contributed by atoms with Crippen molar-refractivity contribution < 1.29 is 52.5 Å². The summed E-state index contributed by atoms with van der Waals surface area (Å²) in [6.45, 7) is 1.74. The number of hydrogen-bond acceptors (Lipinski definition) is 11. The number of ether oxygens (including phenoxy) is 1. The van der Waals surface area contributed by atoms with Crippen LogP contribution in [0.3, 0.4) is 0 Å². The molecule has 1 aliphatic rings. The van der Waals surface area contributed by atoms with E-state index in [9.17, 15) is 37.4 Å². The number of urea groups is 1. The van der Waals surface area contributed by atoms with Crippen LogP contribution in [0.15, 0.2) is 58.6 Å². The maximum Gasteiger partial charge on any atom is 0.350 e. The summed E-state index contributed by atoms with van der Waals surface area (Å²) in [5, 5.41) is 30.0. The topological polar surface area (TPSA) is 262 Å². The molecule has 1 aliphatic heterocycles. The van der Waals surface area contributed by atoms with E-state index in [2.05, 4.69) is 50.6 Å². The van der Waals surface area contributed by atoms with E-state index < -0.39 is 50.0 Å². The molecular weight excluding hydrogens is 876 g/mol. The molecule has 3 heterocycles. The van der Waals surface area contributed by atoms with Gasteiger partial charge in [0.2, 0.25) is 0 Å². The van der Waals surface area contributed by atoms with Gasteiger partial charge in [0.15, 0.2) is 0 Å². The summed E-state index contributed by atoms with van der Waals surface area (Å²) >= 11 is 12.3. The van der Waals surface area contributed by atoms with Crippen molar-refractivity contribution in [3.05, 3.63) is 97.9 Å². The van der Waals surface area contributed by atoms with Crippen LogP contribution in [0.1, 0.15) is 41.6 Å². The van der Waals surface area contributed by atoms with E-state index in [-0.39, 0.29) is 35.0 Å². The Hall–Kier alpha value is -5.33. The highest BCUT2D eigenvalue weighted by atomic mass is 35.5. The fraction of sp³-hybridized carbons (Fsp3) is 0.306. The van der Waals surface area contributed by atoms with Crippen molar-refractivity contribution in [1.82, 2.24) is 30.1 Å². The highest BCUT2D eigenvalue weighted by molar-refractivity contribution is 7.94. The van der Waals surface area contributed by atoms with Crippen LogP contribution in [0.2, 0.25) is 10.0 Å². The fourth-order valence-electron chi connectivity index (χ4n) is 4.61. The molecule has 18 nitrogen and oxygen atoms in total. The number of pyridine rings is 1. The Morgan fingerprint density at radius 3 is 2.32 bits per heavy atom. The number of nitrogens with zero attached hydrogens (tertiary/aromatic N) is 5. The monoisotopic (exact) mass is 916 g/mol. The third-order valence-electron chi connectivity index (χ3n) is 6.93. The molecule has 0 spiro atoms. The second-order valence-corrected chi connectivity index (χ2v) is 17.3. The summed E-state index contributed by atoms with van der Waals surface area (Å²) in [6, 6.07) is 7.59. The zero-order valence-corrected chi connectivity index (χ0v) is 35.7. The Balaban J connectivity index is 0.000000317. The molecule has 2 aromatic carbocycles. The van der Waals surface area contributed by atoms with Gasteiger partial charge in [-0.3, -0.25) is 19.7 Å². The Labute approximate surface area is 355 Å². The van der Waals surface area contributed by atoms with Gasteiger partial charge >= 0.3 is 23.7 Å². The number of amides is 2. The molecule has 4 aromatic rings. The predicted octanol–water partition coefficient (Wildman–Crippen LogP) is 3.95. The minimum absolute atomic E-state index is 0.0758. The second-order valence-electron chi connectivity index (χ2n) is 12.4. The molecule has 0 radical (unpaired) electrons. The smallest absolute Gasteiger partial charge is 0.350 e. The Bertz CT molecular complexity index is 2300. The first-order valence-electron chi connectivity index (χ1n) is 17.1. The highest BCUT2D eigenvalue weighted by Crippen LogP contribution is 2.33. The first-order valence-corrected chi connectivity index (χ1v) is 22.0. The van der Waals surface area contributed by atoms with E-state index in [4.69, 9.17) is 49.5 Å². The average molecular weight is 918 g/mol. The number of aromatic nitrogens is 4. The van der Waals surface area contributed by atoms with Crippen molar-refractivity contribution in [2.24, 2.45) is 5.10 Å². The van der Waals surface area contributed by atoms with Crippen molar-refractivity contribution in [1.29, 1.82) is 0 Å². The van der Waals surface area contributed by atoms with Crippen LogP contribution in [0.5, 0.6) is 5.75 Å². The van der Waals surface area contributed by atoms with Crippen molar-refractivity contribution in [3.63, 3.8) is 0 Å². The second kappa shape index (κ2) is 24.7. The number of anilines is 1. The van der Waals surface area contributed by atoms with Gasteiger partial charge in [0.25, 0.3) is 0 Å². The lowest BCUT2D eigenvalue weighted by Crippen LogP contribution is -2.26. The maximum absolute atomic E-state index is 13.0. The average Bonchev–Trinajstić information content (AvgIpc) is 3.48. The van der Waals surface area contributed by atoms with E-state index >= 15 is 0 Å². The number of hydrogen-bond donors (Lipinski definition) is 6. The Morgan fingerprint density at radius 1 is 1.10 bits per heavy atom. The minimum atomic E-state index is -4.35. The number of rotatable bonds is 11. The summed E-state index contributed by atoms with van der Waals surface area (Å²) < 4.78 is 44.3. The lowest BCUT2D eigenvalue weighted by Gasteiger charge is -2.14. The number of terminal acetylenes is 1. The normalized spacial score (nSPS) is 12.7. The quantitative estimate of drug-likeness (QED) is 0.0410. The molecule has 0 saturated carbocycles. The van der Waals surface area contributed by atoms with Gasteiger partial charge in [0.05, 0.1) is 58.6 Å². The number of carbonyl (C=O) groups is 3. The summed E-state index contributed by atoms with van der Waals surface area (Å²) in [6.07, 6.45) is 15.2. The van der Waals surface area contributed by atoms with E-state index in [1.807, 2.05) is 5.32 Å². The van der Waals surface area contributed by atoms with Gasteiger partial charge in [0, 0.05) is 37.0 Å². The summed E-state index contributed by atoms with van der Waals surface area (Å²) in [5.41, 5.74) is 2.38. The zero-order valence-electron chi connectivity index (χ0n) is 32.4. The van der Waals surface area contributed by atoms with Crippen LogP contribution in [-0.2, 0) is 33.2 Å². The summed E-state index contributed by atoms with van der Waals surface area (Å²) in [7, 11) is -3.71. The third-order valence-corrected chi connectivity index (χ3v) is 8.15. The van der Waals surface area contributed by atoms with Crippen molar-refractivity contribution >= 4 is 71.1 Å². The molecule has 60 heavy (non-hydrogen) atoms. The van der Waals surface area contributed by atoms with E-state index in [0.717, 1.165) is 37.2 Å². The molecule has 324 valence electrons. The minimum Gasteiger partial charge on any atom is -0.778 e. The van der Waals surface area contributed by atoms with Crippen LogP contribution in [0, 0.1) is 24.0 Å². The van der Waals surface area contributed by atoms with Crippen molar-refractivity contribution in [2.45, 2.75) is 32.7 Å². The van der Waals surface area contributed by atoms with Gasteiger partial charge in [-0.2, -0.15) is 9.78 Å². The van der Waals surface area contributed by atoms with Gasteiger partial charge in [0.1, 0.15) is 43.1 Å². The van der Waals surface area contributed by atoms with Crippen LogP contribution in [0.4, 0.5) is 19.3 Å². The third kappa shape index (κ3) is 17.9. The van der Waals surface area contributed by atoms with Crippen LogP contribution < -0.4 is 31.4 Å². The number of nitrogens with one attached hydrogen (secondary N) is 3. The lowest BCUT2D eigenvalue weighted by atomic mass is 10.1. The molecule has 0 bridgehead atoms. The number of hydrazone groups is 1. The molecule has 0 saturated heterocycles. The maximum atomic E-state index is 13.0. The van der Waals surface area contributed by atoms with Crippen molar-refractivity contribution in [2.75, 3.05) is 43.5 Å². The molecule has 24 heteroatoms. The fourth-order valence-corrected chi connectivity index (χ4v) is 5.52. The van der Waals surface area contributed by atoms with Crippen LogP contribution >= 0.6 is 30.8 Å². The molecule has 6 N–H and O–H groups in total. The first kappa shape index (κ1) is 50.8. The summed E-state index contributed by atoms with van der Waals surface area (Å²) in [5.74, 6) is -0.536. The zero-order chi connectivity index (χ0) is 45.2. The van der Waals surface area contributed by atoms with Gasteiger partial charge < -0.3 is 34.6 Å². The number of halogens is 4. The molecular formula is C36H41Cl2F2N8O10PS. The SMILES string of the molecule is C#CCOc1cc(-n2nc3n(c2=O)CCCC3)c(Cl)cc1Cl.C/C(=N\NC(=O)Nc1cc(F)cc(F)c1)c1ncccc1C(=O)O.C[S+](C)C.O=C(O)CNCP(=O)([O-])O. The molecule has 0 aliphatic carbocycles. The van der Waals surface area contributed by atoms with E-state index in [1.54, 1.807) is 10.6 Å².